The first-order valence-corrected chi connectivity index (χ1v) is 11.1. The van der Waals surface area contributed by atoms with Crippen molar-refractivity contribution in [1.29, 1.82) is 0 Å². The van der Waals surface area contributed by atoms with Gasteiger partial charge >= 0.3 is 6.09 Å². The molecule has 1 fully saturated rings. The van der Waals surface area contributed by atoms with Crippen molar-refractivity contribution >= 4 is 6.09 Å². The number of nitrogens with one attached hydrogen (secondary N) is 1. The van der Waals surface area contributed by atoms with Gasteiger partial charge in [0.2, 0.25) is 0 Å². The van der Waals surface area contributed by atoms with Gasteiger partial charge in [-0.3, -0.25) is 0 Å². The molecule has 1 amide bonds. The first kappa shape index (κ1) is 20.7. The number of hydrogen-bond acceptors (Lipinski definition) is 3. The van der Waals surface area contributed by atoms with Crippen LogP contribution >= 0.6 is 0 Å². The minimum atomic E-state index is -1.05. The van der Waals surface area contributed by atoms with Crippen LogP contribution in [0.3, 0.4) is 0 Å². The molecule has 0 heterocycles. The van der Waals surface area contributed by atoms with Crippen LogP contribution in [-0.2, 0) is 10.3 Å². The maximum absolute atomic E-state index is 13.6. The van der Waals surface area contributed by atoms with Crippen molar-refractivity contribution < 1.29 is 19.0 Å². The summed E-state index contributed by atoms with van der Waals surface area (Å²) in [5.74, 6) is -0.326. The Balaban J connectivity index is 1.18. The fraction of sp³-hybridized carbons (Fsp3) is 0.296. The molecule has 3 aromatic rings. The van der Waals surface area contributed by atoms with Gasteiger partial charge in [-0.05, 0) is 65.6 Å². The Morgan fingerprint density at radius 3 is 2.22 bits per heavy atom. The zero-order valence-electron chi connectivity index (χ0n) is 17.8. The van der Waals surface area contributed by atoms with E-state index in [0.717, 1.165) is 0 Å². The van der Waals surface area contributed by atoms with E-state index in [-0.39, 0.29) is 24.4 Å². The third-order valence-electron chi connectivity index (χ3n) is 6.84. The van der Waals surface area contributed by atoms with Gasteiger partial charge in [-0.25, -0.2) is 9.18 Å². The van der Waals surface area contributed by atoms with Crippen molar-refractivity contribution in [2.45, 2.75) is 43.2 Å². The topological polar surface area (TPSA) is 58.6 Å². The second kappa shape index (κ2) is 8.40. The monoisotopic (exact) mass is 431 g/mol. The van der Waals surface area contributed by atoms with Gasteiger partial charge in [0.25, 0.3) is 0 Å². The second-order valence-corrected chi connectivity index (χ2v) is 8.79. The molecule has 0 spiro atoms. The van der Waals surface area contributed by atoms with Crippen LogP contribution in [0.5, 0.6) is 0 Å². The maximum atomic E-state index is 13.6. The first-order valence-electron chi connectivity index (χ1n) is 11.1. The van der Waals surface area contributed by atoms with Crippen molar-refractivity contribution in [3.05, 3.63) is 95.3 Å². The van der Waals surface area contributed by atoms with Crippen LogP contribution < -0.4 is 5.32 Å². The number of aliphatic hydroxyl groups is 1. The lowest BCUT2D eigenvalue weighted by molar-refractivity contribution is -0.00872. The third-order valence-corrected chi connectivity index (χ3v) is 6.84. The quantitative estimate of drug-likeness (QED) is 0.574. The molecular formula is C27H26FNO3. The molecule has 0 aliphatic heterocycles. The zero-order chi connectivity index (χ0) is 22.1. The molecule has 2 aliphatic carbocycles. The molecule has 0 atom stereocenters. The van der Waals surface area contributed by atoms with Crippen LogP contribution in [0.15, 0.2) is 72.8 Å². The summed E-state index contributed by atoms with van der Waals surface area (Å²) >= 11 is 0. The fourth-order valence-electron chi connectivity index (χ4n) is 5.11. The molecule has 2 N–H and O–H groups in total. The number of alkyl carbamates (subject to hydrolysis) is 1. The molecule has 164 valence electrons. The number of hydrogen-bond donors (Lipinski definition) is 2. The molecular weight excluding hydrogens is 405 g/mol. The van der Waals surface area contributed by atoms with Gasteiger partial charge in [0.15, 0.2) is 0 Å². The Morgan fingerprint density at radius 1 is 0.969 bits per heavy atom. The highest BCUT2D eigenvalue weighted by molar-refractivity contribution is 5.79. The number of halogens is 1. The SMILES string of the molecule is O=C(NC1CCC(O)(c2cccc(F)c2)CC1)OCC1c2ccccc2-c2ccccc21. The molecule has 32 heavy (non-hydrogen) atoms. The maximum Gasteiger partial charge on any atom is 0.407 e. The molecule has 4 nitrogen and oxygen atoms in total. The number of benzene rings is 3. The Bertz CT molecular complexity index is 1090. The van der Waals surface area contributed by atoms with Crippen LogP contribution in [0.1, 0.15) is 48.3 Å². The van der Waals surface area contributed by atoms with Gasteiger partial charge in [-0.2, -0.15) is 0 Å². The number of amides is 1. The van der Waals surface area contributed by atoms with Crippen molar-refractivity contribution in [1.82, 2.24) is 5.32 Å². The summed E-state index contributed by atoms with van der Waals surface area (Å²) in [5, 5.41) is 13.9. The molecule has 3 aromatic carbocycles. The smallest absolute Gasteiger partial charge is 0.407 e. The van der Waals surface area contributed by atoms with E-state index in [0.29, 0.717) is 31.2 Å². The number of carbonyl (C=O) groups excluding carboxylic acids is 1. The number of fused-ring (bicyclic) bond motifs is 3. The number of rotatable bonds is 4. The zero-order valence-corrected chi connectivity index (χ0v) is 17.8. The van der Waals surface area contributed by atoms with E-state index in [4.69, 9.17) is 4.74 Å². The van der Waals surface area contributed by atoms with E-state index in [9.17, 15) is 14.3 Å². The predicted molar refractivity (Wildman–Crippen MR) is 121 cm³/mol. The molecule has 0 radical (unpaired) electrons. The van der Waals surface area contributed by atoms with Crippen LogP contribution in [0.4, 0.5) is 9.18 Å². The van der Waals surface area contributed by atoms with E-state index in [1.165, 1.54) is 34.4 Å². The van der Waals surface area contributed by atoms with E-state index >= 15 is 0 Å². The Hall–Kier alpha value is -3.18. The summed E-state index contributed by atoms with van der Waals surface area (Å²) in [6.07, 6.45) is 1.71. The summed E-state index contributed by atoms with van der Waals surface area (Å²) in [5.41, 5.74) is 4.29. The largest absolute Gasteiger partial charge is 0.449 e. The summed E-state index contributed by atoms with van der Waals surface area (Å²) in [7, 11) is 0. The van der Waals surface area contributed by atoms with E-state index in [1.807, 2.05) is 24.3 Å². The molecule has 1 saturated carbocycles. The Kier molecular flexibility index (Phi) is 5.43. The molecule has 5 heteroatoms. The van der Waals surface area contributed by atoms with Gasteiger partial charge in [-0.1, -0.05) is 60.7 Å². The van der Waals surface area contributed by atoms with Crippen molar-refractivity contribution in [3.8, 4) is 11.1 Å². The van der Waals surface area contributed by atoms with Crippen molar-refractivity contribution in [2.24, 2.45) is 0 Å². The summed E-state index contributed by atoms with van der Waals surface area (Å²) in [6, 6.07) is 22.5. The van der Waals surface area contributed by atoms with Gasteiger partial charge in [-0.15, -0.1) is 0 Å². The van der Waals surface area contributed by atoms with Gasteiger partial charge in [0.1, 0.15) is 12.4 Å². The number of ether oxygens (including phenoxy) is 1. The van der Waals surface area contributed by atoms with Gasteiger partial charge < -0.3 is 15.2 Å². The average molecular weight is 432 g/mol. The minimum Gasteiger partial charge on any atom is -0.449 e. The van der Waals surface area contributed by atoms with Gasteiger partial charge in [0, 0.05) is 12.0 Å². The van der Waals surface area contributed by atoms with Crippen LogP contribution in [0, 0.1) is 5.82 Å². The van der Waals surface area contributed by atoms with E-state index < -0.39 is 11.7 Å². The third kappa shape index (κ3) is 3.89. The normalized spacial score (nSPS) is 22.1. The molecule has 0 bridgehead atoms. The highest BCUT2D eigenvalue weighted by Crippen LogP contribution is 2.44. The molecule has 5 rings (SSSR count). The Morgan fingerprint density at radius 2 is 1.59 bits per heavy atom. The fourth-order valence-corrected chi connectivity index (χ4v) is 5.11. The molecule has 0 saturated heterocycles. The lowest BCUT2D eigenvalue weighted by atomic mass is 9.78. The highest BCUT2D eigenvalue weighted by Gasteiger charge is 2.36. The molecule has 2 aliphatic rings. The number of carbonyl (C=O) groups is 1. The predicted octanol–water partition coefficient (Wildman–Crippen LogP) is 5.49. The van der Waals surface area contributed by atoms with E-state index in [1.54, 1.807) is 12.1 Å². The average Bonchev–Trinajstić information content (AvgIpc) is 3.13. The summed E-state index contributed by atoms with van der Waals surface area (Å²) in [4.78, 5) is 12.5. The molecule has 0 unspecified atom stereocenters. The van der Waals surface area contributed by atoms with Crippen molar-refractivity contribution in [3.63, 3.8) is 0 Å². The molecule has 0 aromatic heterocycles. The second-order valence-electron chi connectivity index (χ2n) is 8.79. The van der Waals surface area contributed by atoms with E-state index in [2.05, 4.69) is 29.6 Å². The van der Waals surface area contributed by atoms with Crippen molar-refractivity contribution in [2.75, 3.05) is 6.61 Å². The standard InChI is InChI=1S/C27H26FNO3/c28-19-7-5-6-18(16-19)27(31)14-12-20(13-15-27)29-26(30)32-17-25-23-10-3-1-8-21(23)22-9-2-4-11-24(22)25/h1-11,16,20,25,31H,12-15,17H2,(H,29,30). The minimum absolute atomic E-state index is 0.0255. The lowest BCUT2D eigenvalue weighted by Crippen LogP contribution is -2.42. The first-order chi connectivity index (χ1) is 15.5. The van der Waals surface area contributed by atoms with Gasteiger partial charge in [0.05, 0.1) is 5.60 Å². The summed E-state index contributed by atoms with van der Waals surface area (Å²) < 4.78 is 19.2. The van der Waals surface area contributed by atoms with Crippen LogP contribution in [-0.4, -0.2) is 23.8 Å². The van der Waals surface area contributed by atoms with Crippen LogP contribution in [0.2, 0.25) is 0 Å². The van der Waals surface area contributed by atoms with Crippen LogP contribution in [0.25, 0.3) is 11.1 Å². The Labute approximate surface area is 187 Å². The lowest BCUT2D eigenvalue weighted by Gasteiger charge is -2.36. The summed E-state index contributed by atoms with van der Waals surface area (Å²) in [6.45, 7) is 0.278. The highest BCUT2D eigenvalue weighted by atomic mass is 19.1.